The number of halogens is 6. The van der Waals surface area contributed by atoms with Gasteiger partial charge in [-0.15, -0.1) is 0 Å². The van der Waals surface area contributed by atoms with E-state index in [2.05, 4.69) is 10.6 Å². The number of amides is 2. The number of carbonyl (C=O) groups excluding carboxylic acids is 2. The van der Waals surface area contributed by atoms with Crippen LogP contribution in [-0.4, -0.2) is 48.1 Å². The lowest BCUT2D eigenvalue weighted by atomic mass is 9.65. The SMILES string of the molecule is O=C(CN1CC2(CCC(C(=O)Nc3ccc(F)c(C(F)F)c3)CC2)C1)NC1(C(F)(F)F)CC1. The van der Waals surface area contributed by atoms with Gasteiger partial charge in [0.2, 0.25) is 11.8 Å². The molecule has 5 nitrogen and oxygen atoms in total. The quantitative estimate of drug-likeness (QED) is 0.597. The summed E-state index contributed by atoms with van der Waals surface area (Å²) in [6.07, 6.45) is -5.00. The Balaban J connectivity index is 1.22. The number of benzene rings is 1. The van der Waals surface area contributed by atoms with Crippen LogP contribution in [0.15, 0.2) is 18.2 Å². The van der Waals surface area contributed by atoms with E-state index in [0.29, 0.717) is 25.9 Å². The molecule has 0 atom stereocenters. The topological polar surface area (TPSA) is 61.4 Å². The van der Waals surface area contributed by atoms with Crippen molar-refractivity contribution in [3.63, 3.8) is 0 Å². The van der Waals surface area contributed by atoms with Gasteiger partial charge in [0.1, 0.15) is 11.4 Å². The summed E-state index contributed by atoms with van der Waals surface area (Å²) < 4.78 is 78.0. The smallest absolute Gasteiger partial charge is 0.341 e. The van der Waals surface area contributed by atoms with Crippen molar-refractivity contribution in [2.45, 2.75) is 56.7 Å². The standard InChI is InChI=1S/C22H25F6N3O2/c23-16-2-1-14(9-15(16)18(24)25)29-19(33)13-3-5-20(6-4-13)11-31(12-20)10-17(32)30-21(7-8-21)22(26,27)28/h1-2,9,13,18H,3-8,10-12H2,(H,29,33)(H,30,32). The van der Waals surface area contributed by atoms with Crippen LogP contribution in [0.25, 0.3) is 0 Å². The molecule has 2 saturated carbocycles. The second-order valence-corrected chi connectivity index (χ2v) is 9.57. The summed E-state index contributed by atoms with van der Waals surface area (Å²) in [6, 6.07) is 3.07. The summed E-state index contributed by atoms with van der Waals surface area (Å²) in [5.74, 6) is -2.28. The molecule has 2 N–H and O–H groups in total. The second kappa shape index (κ2) is 8.48. The Morgan fingerprint density at radius 1 is 1.09 bits per heavy atom. The fraction of sp³-hybridized carbons (Fsp3) is 0.636. The molecule has 2 aliphatic carbocycles. The van der Waals surface area contributed by atoms with Crippen LogP contribution in [-0.2, 0) is 9.59 Å². The maximum Gasteiger partial charge on any atom is 0.411 e. The number of hydrogen-bond acceptors (Lipinski definition) is 3. The summed E-state index contributed by atoms with van der Waals surface area (Å²) in [5.41, 5.74) is -2.77. The van der Waals surface area contributed by atoms with Gasteiger partial charge in [0, 0.05) is 24.7 Å². The van der Waals surface area contributed by atoms with Gasteiger partial charge in [-0.05, 0) is 62.1 Å². The lowest BCUT2D eigenvalue weighted by molar-refractivity contribution is -0.171. The summed E-state index contributed by atoms with van der Waals surface area (Å²) in [6.45, 7) is 1.09. The minimum Gasteiger partial charge on any atom is -0.341 e. The molecule has 2 amide bonds. The van der Waals surface area contributed by atoms with E-state index in [1.165, 1.54) is 6.07 Å². The fourth-order valence-corrected chi connectivity index (χ4v) is 4.97. The van der Waals surface area contributed by atoms with Crippen LogP contribution in [0.3, 0.4) is 0 Å². The molecule has 11 heteroatoms. The molecule has 182 valence electrons. The zero-order chi connectivity index (χ0) is 24.0. The predicted molar refractivity (Wildman–Crippen MR) is 107 cm³/mol. The number of alkyl halides is 5. The summed E-state index contributed by atoms with van der Waals surface area (Å²) in [7, 11) is 0. The van der Waals surface area contributed by atoms with E-state index in [4.69, 9.17) is 0 Å². The molecule has 0 radical (unpaired) electrons. The van der Waals surface area contributed by atoms with Gasteiger partial charge in [0.25, 0.3) is 6.43 Å². The molecule has 4 rings (SSSR count). The van der Waals surface area contributed by atoms with Gasteiger partial charge >= 0.3 is 6.18 Å². The van der Waals surface area contributed by atoms with Crippen molar-refractivity contribution in [1.29, 1.82) is 0 Å². The molecule has 33 heavy (non-hydrogen) atoms. The zero-order valence-electron chi connectivity index (χ0n) is 17.8. The van der Waals surface area contributed by atoms with Gasteiger partial charge < -0.3 is 10.6 Å². The highest BCUT2D eigenvalue weighted by Crippen LogP contribution is 2.49. The van der Waals surface area contributed by atoms with Crippen molar-refractivity contribution in [1.82, 2.24) is 10.2 Å². The Hall–Kier alpha value is -2.30. The van der Waals surface area contributed by atoms with Crippen molar-refractivity contribution < 1.29 is 35.9 Å². The van der Waals surface area contributed by atoms with Crippen LogP contribution >= 0.6 is 0 Å². The number of hydrogen-bond donors (Lipinski definition) is 2. The molecule has 0 bridgehead atoms. The molecule has 0 unspecified atom stereocenters. The van der Waals surface area contributed by atoms with E-state index in [9.17, 15) is 35.9 Å². The average molecular weight is 477 g/mol. The number of anilines is 1. The number of likely N-dealkylation sites (tertiary alicyclic amines) is 1. The fourth-order valence-electron chi connectivity index (χ4n) is 4.97. The summed E-state index contributed by atoms with van der Waals surface area (Å²) in [4.78, 5) is 26.4. The highest BCUT2D eigenvalue weighted by molar-refractivity contribution is 5.92. The first kappa shape index (κ1) is 23.8. The van der Waals surface area contributed by atoms with Crippen LogP contribution in [0.5, 0.6) is 0 Å². The number of nitrogens with zero attached hydrogens (tertiary/aromatic N) is 1. The molecule has 1 aromatic rings. The molecule has 1 aliphatic heterocycles. The third kappa shape index (κ3) is 4.97. The summed E-state index contributed by atoms with van der Waals surface area (Å²) >= 11 is 0. The first-order valence-corrected chi connectivity index (χ1v) is 10.9. The number of carbonyl (C=O) groups is 2. The Morgan fingerprint density at radius 3 is 2.27 bits per heavy atom. The molecule has 1 saturated heterocycles. The predicted octanol–water partition coefficient (Wildman–Crippen LogP) is 4.41. The largest absolute Gasteiger partial charge is 0.411 e. The van der Waals surface area contributed by atoms with E-state index < -0.39 is 35.4 Å². The van der Waals surface area contributed by atoms with Crippen molar-refractivity contribution in [2.24, 2.45) is 11.3 Å². The van der Waals surface area contributed by atoms with Gasteiger partial charge in [-0.3, -0.25) is 14.5 Å². The third-order valence-electron chi connectivity index (χ3n) is 7.07. The van der Waals surface area contributed by atoms with Crippen LogP contribution in [0.1, 0.15) is 50.5 Å². The lowest BCUT2D eigenvalue weighted by Crippen LogP contribution is -2.61. The molecule has 0 aromatic heterocycles. The van der Waals surface area contributed by atoms with Crippen LogP contribution in [0.4, 0.5) is 32.0 Å². The zero-order valence-corrected chi connectivity index (χ0v) is 17.8. The minimum absolute atomic E-state index is 0.0585. The molecule has 1 heterocycles. The lowest BCUT2D eigenvalue weighted by Gasteiger charge is -2.53. The van der Waals surface area contributed by atoms with Crippen molar-refractivity contribution in [2.75, 3.05) is 25.0 Å². The Bertz CT molecular complexity index is 915. The Morgan fingerprint density at radius 2 is 1.73 bits per heavy atom. The second-order valence-electron chi connectivity index (χ2n) is 9.57. The van der Waals surface area contributed by atoms with Crippen molar-refractivity contribution in [3.05, 3.63) is 29.6 Å². The number of rotatable bonds is 6. The third-order valence-corrected chi connectivity index (χ3v) is 7.07. The maximum atomic E-state index is 13.4. The van der Waals surface area contributed by atoms with Crippen molar-refractivity contribution >= 4 is 17.5 Å². The molecular formula is C22H25F6N3O2. The van der Waals surface area contributed by atoms with Gasteiger partial charge in [-0.2, -0.15) is 13.2 Å². The average Bonchev–Trinajstić information content (AvgIpc) is 3.49. The maximum absolute atomic E-state index is 13.4. The Kier molecular flexibility index (Phi) is 6.13. The van der Waals surface area contributed by atoms with E-state index in [1.807, 2.05) is 4.90 Å². The molecule has 1 spiro atoms. The van der Waals surface area contributed by atoms with E-state index in [-0.39, 0.29) is 42.3 Å². The van der Waals surface area contributed by atoms with E-state index in [1.54, 1.807) is 0 Å². The highest BCUT2D eigenvalue weighted by Gasteiger charge is 2.64. The first-order valence-electron chi connectivity index (χ1n) is 10.9. The normalized spacial score (nSPS) is 22.2. The molecule has 1 aromatic carbocycles. The van der Waals surface area contributed by atoms with Gasteiger partial charge in [-0.1, -0.05) is 0 Å². The van der Waals surface area contributed by atoms with Crippen LogP contribution in [0.2, 0.25) is 0 Å². The van der Waals surface area contributed by atoms with Gasteiger partial charge in [0.05, 0.1) is 12.1 Å². The van der Waals surface area contributed by atoms with Crippen LogP contribution in [0, 0.1) is 17.2 Å². The Labute approximate surface area is 186 Å². The van der Waals surface area contributed by atoms with E-state index >= 15 is 0 Å². The first-order chi connectivity index (χ1) is 15.4. The van der Waals surface area contributed by atoms with E-state index in [0.717, 1.165) is 25.0 Å². The van der Waals surface area contributed by atoms with Crippen LogP contribution < -0.4 is 10.6 Å². The molecule has 3 aliphatic rings. The summed E-state index contributed by atoms with van der Waals surface area (Å²) in [5, 5.41) is 4.71. The number of nitrogens with one attached hydrogen (secondary N) is 2. The monoisotopic (exact) mass is 477 g/mol. The van der Waals surface area contributed by atoms with Gasteiger partial charge in [0.15, 0.2) is 0 Å². The van der Waals surface area contributed by atoms with Gasteiger partial charge in [-0.25, -0.2) is 13.2 Å². The highest BCUT2D eigenvalue weighted by atomic mass is 19.4. The minimum atomic E-state index is -4.44. The molecular weight excluding hydrogens is 452 g/mol. The van der Waals surface area contributed by atoms with Crippen molar-refractivity contribution in [3.8, 4) is 0 Å². The molecule has 3 fully saturated rings.